The molecule has 2 amide bonds. The number of alkyl halides is 3. The van der Waals surface area contributed by atoms with Gasteiger partial charge in [-0.1, -0.05) is 0 Å². The van der Waals surface area contributed by atoms with Crippen LogP contribution in [0.3, 0.4) is 0 Å². The van der Waals surface area contributed by atoms with Gasteiger partial charge in [0.2, 0.25) is 5.91 Å². The van der Waals surface area contributed by atoms with E-state index in [9.17, 15) is 22.8 Å². The van der Waals surface area contributed by atoms with E-state index in [0.717, 1.165) is 6.07 Å². The summed E-state index contributed by atoms with van der Waals surface area (Å²) in [6.45, 7) is 1.55. The number of anilines is 1. The van der Waals surface area contributed by atoms with E-state index in [4.69, 9.17) is 5.26 Å². The highest BCUT2D eigenvalue weighted by Crippen LogP contribution is 2.47. The monoisotopic (exact) mass is 488 g/mol. The van der Waals surface area contributed by atoms with Gasteiger partial charge in [0.05, 0.1) is 23.1 Å². The molecule has 2 aliphatic rings. The summed E-state index contributed by atoms with van der Waals surface area (Å²) in [5, 5.41) is 13.2. The molecule has 1 atom stereocenters. The van der Waals surface area contributed by atoms with Crippen molar-refractivity contribution in [2.75, 3.05) is 45.2 Å². The number of piperidine rings is 1. The molecule has 2 fully saturated rings. The minimum absolute atomic E-state index is 0.0800. The average molecular weight is 489 g/mol. The number of likely N-dealkylation sites (tertiary alicyclic amines) is 1. The Balaban J connectivity index is 1.60. The average Bonchev–Trinajstić information content (AvgIpc) is 3.41. The Bertz CT molecular complexity index is 1170. The third kappa shape index (κ3) is 4.45. The molecule has 4 rings (SSSR count). The fraction of sp³-hybridized carbons (Fsp3) is 0.500. The number of halogens is 3. The zero-order valence-electron chi connectivity index (χ0n) is 19.8. The normalized spacial score (nSPS) is 19.6. The molecule has 1 aromatic heterocycles. The highest BCUT2D eigenvalue weighted by atomic mass is 19.4. The van der Waals surface area contributed by atoms with Gasteiger partial charge >= 0.3 is 6.18 Å². The number of benzene rings is 1. The number of hydrogen-bond acceptors (Lipinski definition) is 5. The van der Waals surface area contributed by atoms with Crippen LogP contribution >= 0.6 is 0 Å². The van der Waals surface area contributed by atoms with E-state index < -0.39 is 28.6 Å². The van der Waals surface area contributed by atoms with Crippen LogP contribution in [0.15, 0.2) is 30.5 Å². The van der Waals surface area contributed by atoms with Gasteiger partial charge in [-0.2, -0.15) is 23.5 Å². The summed E-state index contributed by atoms with van der Waals surface area (Å²) in [6.07, 6.45) is -1.99. The van der Waals surface area contributed by atoms with Crippen molar-refractivity contribution in [3.8, 4) is 6.07 Å². The predicted molar refractivity (Wildman–Crippen MR) is 121 cm³/mol. The maximum atomic E-state index is 13.6. The summed E-state index contributed by atoms with van der Waals surface area (Å²) >= 11 is 0. The second-order valence-electron chi connectivity index (χ2n) is 9.50. The number of nitrogens with zero attached hydrogens (tertiary/aromatic N) is 6. The first-order valence-electron chi connectivity index (χ1n) is 11.3. The molecule has 1 unspecified atom stereocenters. The maximum absolute atomic E-state index is 13.6. The SMILES string of the molecule is CN(C)C(=O)C1CN(c2ccc(C#N)c(C(F)(F)F)c2)CC12CCN(C(=O)c1ccnn1C)CC2. The molecule has 2 saturated heterocycles. The summed E-state index contributed by atoms with van der Waals surface area (Å²) in [5.41, 5.74) is -1.08. The Hall–Kier alpha value is -3.55. The number of amides is 2. The molecule has 1 spiro atoms. The molecular formula is C24H27F3N6O2. The molecule has 0 saturated carbocycles. The number of carbonyl (C=O) groups is 2. The molecular weight excluding hydrogens is 461 g/mol. The molecule has 0 aliphatic carbocycles. The summed E-state index contributed by atoms with van der Waals surface area (Å²) in [6, 6.07) is 6.95. The van der Waals surface area contributed by atoms with Gasteiger partial charge in [-0.15, -0.1) is 0 Å². The summed E-state index contributed by atoms with van der Waals surface area (Å²) in [5.74, 6) is -0.632. The van der Waals surface area contributed by atoms with Crippen molar-refractivity contribution in [2.45, 2.75) is 19.0 Å². The molecule has 3 heterocycles. The molecule has 186 valence electrons. The van der Waals surface area contributed by atoms with Gasteiger partial charge in [-0.25, -0.2) is 0 Å². The Morgan fingerprint density at radius 3 is 2.43 bits per heavy atom. The van der Waals surface area contributed by atoms with Crippen LogP contribution in [0.1, 0.15) is 34.5 Å². The number of carbonyl (C=O) groups excluding carboxylic acids is 2. The van der Waals surface area contributed by atoms with E-state index in [1.165, 1.54) is 21.7 Å². The first kappa shape index (κ1) is 24.6. The molecule has 0 radical (unpaired) electrons. The molecule has 11 heteroatoms. The van der Waals surface area contributed by atoms with Crippen molar-refractivity contribution >= 4 is 17.5 Å². The lowest BCUT2D eigenvalue weighted by Crippen LogP contribution is -2.49. The second-order valence-corrected chi connectivity index (χ2v) is 9.50. The van der Waals surface area contributed by atoms with Crippen LogP contribution in [0.5, 0.6) is 0 Å². The topological polar surface area (TPSA) is 85.5 Å². The van der Waals surface area contributed by atoms with Crippen LogP contribution in [-0.2, 0) is 18.0 Å². The van der Waals surface area contributed by atoms with Gasteiger partial charge in [0.1, 0.15) is 5.69 Å². The van der Waals surface area contributed by atoms with Crippen LogP contribution in [0.4, 0.5) is 18.9 Å². The van der Waals surface area contributed by atoms with Crippen LogP contribution in [-0.4, -0.2) is 71.7 Å². The number of aromatic nitrogens is 2. The largest absolute Gasteiger partial charge is 0.417 e. The summed E-state index contributed by atoms with van der Waals surface area (Å²) < 4.78 is 42.2. The zero-order chi connectivity index (χ0) is 25.5. The van der Waals surface area contributed by atoms with E-state index >= 15 is 0 Å². The third-order valence-electron chi connectivity index (χ3n) is 7.27. The van der Waals surface area contributed by atoms with Gasteiger partial charge in [-0.05, 0) is 37.1 Å². The maximum Gasteiger partial charge on any atom is 0.417 e. The smallest absolute Gasteiger partial charge is 0.370 e. The number of rotatable bonds is 3. The van der Waals surface area contributed by atoms with E-state index in [1.807, 2.05) is 0 Å². The Labute approximate surface area is 201 Å². The van der Waals surface area contributed by atoms with Crippen molar-refractivity contribution in [2.24, 2.45) is 18.4 Å². The molecule has 0 bridgehead atoms. The first-order chi connectivity index (χ1) is 16.5. The standard InChI is InChI=1S/C24H27F3N6O2/c1-30(2)21(34)19-14-33(17-5-4-16(13-28)18(12-17)24(25,26)27)15-23(19)7-10-32(11-8-23)22(35)20-6-9-29-31(20)3/h4-6,9,12,19H,7-8,10-11,14-15H2,1-3H3. The van der Waals surface area contributed by atoms with Gasteiger partial charge in [-0.3, -0.25) is 14.3 Å². The van der Waals surface area contributed by atoms with E-state index in [0.29, 0.717) is 43.9 Å². The molecule has 35 heavy (non-hydrogen) atoms. The highest BCUT2D eigenvalue weighted by Gasteiger charge is 2.52. The third-order valence-corrected chi connectivity index (χ3v) is 7.27. The molecule has 2 aliphatic heterocycles. The summed E-state index contributed by atoms with van der Waals surface area (Å²) in [4.78, 5) is 31.2. The van der Waals surface area contributed by atoms with Crippen molar-refractivity contribution in [1.29, 1.82) is 5.26 Å². The lowest BCUT2D eigenvalue weighted by atomic mass is 9.70. The Kier molecular flexibility index (Phi) is 6.25. The first-order valence-corrected chi connectivity index (χ1v) is 11.3. The fourth-order valence-corrected chi connectivity index (χ4v) is 5.29. The quantitative estimate of drug-likeness (QED) is 0.663. The van der Waals surface area contributed by atoms with Crippen molar-refractivity contribution in [1.82, 2.24) is 19.6 Å². The minimum atomic E-state index is -4.66. The van der Waals surface area contributed by atoms with Crippen molar-refractivity contribution < 1.29 is 22.8 Å². The van der Waals surface area contributed by atoms with Crippen LogP contribution in [0, 0.1) is 22.7 Å². The van der Waals surface area contributed by atoms with Gasteiger partial charge in [0.15, 0.2) is 0 Å². The van der Waals surface area contributed by atoms with Gasteiger partial charge in [0, 0.05) is 64.6 Å². The lowest BCUT2D eigenvalue weighted by molar-refractivity contribution is -0.138. The Morgan fingerprint density at radius 1 is 1.20 bits per heavy atom. The minimum Gasteiger partial charge on any atom is -0.370 e. The zero-order valence-corrected chi connectivity index (χ0v) is 19.8. The molecule has 2 aromatic rings. The number of hydrogen-bond donors (Lipinski definition) is 0. The van der Waals surface area contributed by atoms with E-state index in [-0.39, 0.29) is 18.4 Å². The fourth-order valence-electron chi connectivity index (χ4n) is 5.29. The number of aryl methyl sites for hydroxylation is 1. The second kappa shape index (κ2) is 8.91. The highest BCUT2D eigenvalue weighted by molar-refractivity contribution is 5.92. The van der Waals surface area contributed by atoms with Crippen molar-refractivity contribution in [3.63, 3.8) is 0 Å². The molecule has 1 aromatic carbocycles. The number of nitriles is 1. The van der Waals surface area contributed by atoms with Crippen LogP contribution in [0.2, 0.25) is 0 Å². The van der Waals surface area contributed by atoms with E-state index in [2.05, 4.69) is 5.10 Å². The van der Waals surface area contributed by atoms with Crippen LogP contribution in [0.25, 0.3) is 0 Å². The van der Waals surface area contributed by atoms with Gasteiger partial charge < -0.3 is 14.7 Å². The Morgan fingerprint density at radius 2 is 1.89 bits per heavy atom. The van der Waals surface area contributed by atoms with Crippen LogP contribution < -0.4 is 4.90 Å². The van der Waals surface area contributed by atoms with Gasteiger partial charge in [0.25, 0.3) is 5.91 Å². The molecule has 8 nitrogen and oxygen atoms in total. The lowest BCUT2D eigenvalue weighted by Gasteiger charge is -2.42. The summed E-state index contributed by atoms with van der Waals surface area (Å²) in [7, 11) is 5.04. The molecule has 0 N–H and O–H groups in total. The predicted octanol–water partition coefficient (Wildman–Crippen LogP) is 2.76. The van der Waals surface area contributed by atoms with E-state index in [1.54, 1.807) is 49.3 Å². The van der Waals surface area contributed by atoms with Crippen molar-refractivity contribution in [3.05, 3.63) is 47.3 Å².